The van der Waals surface area contributed by atoms with Crippen molar-refractivity contribution < 1.29 is 9.53 Å². The Bertz CT molecular complexity index is 615. The Morgan fingerprint density at radius 1 is 1.37 bits per heavy atom. The van der Waals surface area contributed by atoms with Crippen LogP contribution in [0.5, 0.6) is 0 Å². The molecule has 0 amide bonds. The number of hydrogen-bond donors (Lipinski definition) is 1. The van der Waals surface area contributed by atoms with Gasteiger partial charge in [-0.15, -0.1) is 0 Å². The number of anilines is 1. The van der Waals surface area contributed by atoms with Crippen LogP contribution in [0.2, 0.25) is 0 Å². The molecule has 0 aliphatic heterocycles. The fourth-order valence-corrected chi connectivity index (χ4v) is 1.50. The Hall–Kier alpha value is -2.70. The molecule has 0 unspecified atom stereocenters. The summed E-state index contributed by atoms with van der Waals surface area (Å²) in [5, 5.41) is 10.6. The number of ether oxygens (including phenoxy) is 1. The number of benzene rings is 1. The lowest BCUT2D eigenvalue weighted by Crippen LogP contribution is -2.14. The Balaban J connectivity index is 2.47. The Kier molecular flexibility index (Phi) is 3.56. The van der Waals surface area contributed by atoms with E-state index in [1.807, 2.05) is 31.2 Å². The number of aromatic nitrogens is 4. The molecule has 0 aliphatic rings. The summed E-state index contributed by atoms with van der Waals surface area (Å²) in [6.07, 6.45) is 1.61. The first-order valence-corrected chi connectivity index (χ1v) is 5.52. The fourth-order valence-electron chi connectivity index (χ4n) is 1.50. The van der Waals surface area contributed by atoms with E-state index in [1.165, 1.54) is 7.11 Å². The van der Waals surface area contributed by atoms with E-state index in [0.29, 0.717) is 0 Å². The van der Waals surface area contributed by atoms with Crippen molar-refractivity contribution in [2.75, 3.05) is 12.8 Å². The molecular weight excluding hydrogens is 246 g/mol. The predicted molar refractivity (Wildman–Crippen MR) is 69.6 cm³/mol. The second kappa shape index (κ2) is 5.30. The van der Waals surface area contributed by atoms with Crippen molar-refractivity contribution in [3.8, 4) is 0 Å². The van der Waals surface area contributed by atoms with Crippen LogP contribution in [0, 0.1) is 6.92 Å². The zero-order chi connectivity index (χ0) is 13.8. The van der Waals surface area contributed by atoms with Crippen LogP contribution in [0.25, 0.3) is 11.8 Å². The van der Waals surface area contributed by atoms with Crippen molar-refractivity contribution in [2.45, 2.75) is 6.92 Å². The summed E-state index contributed by atoms with van der Waals surface area (Å²) in [5.74, 6) is -0.552. The number of carbonyl (C=O) groups excluding carboxylic acids is 1. The van der Waals surface area contributed by atoms with Gasteiger partial charge in [-0.2, -0.15) is 4.68 Å². The van der Waals surface area contributed by atoms with Gasteiger partial charge in [-0.1, -0.05) is 34.9 Å². The highest BCUT2D eigenvalue weighted by molar-refractivity contribution is 6.15. The molecule has 0 radical (unpaired) electrons. The molecule has 1 aromatic heterocycles. The van der Waals surface area contributed by atoms with E-state index in [1.54, 1.807) is 6.08 Å². The highest BCUT2D eigenvalue weighted by Gasteiger charge is 2.16. The van der Waals surface area contributed by atoms with Crippen LogP contribution in [0.15, 0.2) is 24.3 Å². The molecule has 19 heavy (non-hydrogen) atoms. The minimum atomic E-state index is -0.570. The van der Waals surface area contributed by atoms with Gasteiger partial charge in [-0.25, -0.2) is 4.79 Å². The van der Waals surface area contributed by atoms with Crippen molar-refractivity contribution in [3.05, 3.63) is 35.4 Å². The first kappa shape index (κ1) is 12.7. The molecule has 2 N–H and O–H groups in total. The predicted octanol–water partition coefficient (Wildman–Crippen LogP) is 0.735. The summed E-state index contributed by atoms with van der Waals surface area (Å²) in [6.45, 7) is 1.98. The molecule has 1 aromatic carbocycles. The fraction of sp³-hybridized carbons (Fsp3) is 0.167. The van der Waals surface area contributed by atoms with Crippen molar-refractivity contribution in [1.82, 2.24) is 20.2 Å². The van der Waals surface area contributed by atoms with Crippen LogP contribution in [0.1, 0.15) is 11.1 Å². The van der Waals surface area contributed by atoms with Gasteiger partial charge < -0.3 is 10.5 Å². The maximum absolute atomic E-state index is 11.8. The first-order chi connectivity index (χ1) is 9.11. The van der Waals surface area contributed by atoms with Gasteiger partial charge in [0.1, 0.15) is 0 Å². The summed E-state index contributed by atoms with van der Waals surface area (Å²) in [6, 6.07) is 7.62. The molecule has 1 heterocycles. The number of tetrazole rings is 1. The van der Waals surface area contributed by atoms with Gasteiger partial charge in [0.25, 0.3) is 0 Å². The number of methoxy groups -OCH3 is 1. The van der Waals surface area contributed by atoms with Gasteiger partial charge in [0.05, 0.1) is 7.11 Å². The van der Waals surface area contributed by atoms with Crippen LogP contribution in [0.3, 0.4) is 0 Å². The zero-order valence-corrected chi connectivity index (χ0v) is 10.6. The van der Waals surface area contributed by atoms with Crippen LogP contribution in [-0.4, -0.2) is 33.3 Å². The maximum atomic E-state index is 11.8. The minimum Gasteiger partial charge on any atom is -0.464 e. The topological polar surface area (TPSA) is 95.9 Å². The number of nitrogen functional groups attached to an aromatic ring is 1. The van der Waals surface area contributed by atoms with Gasteiger partial charge in [0.2, 0.25) is 5.95 Å². The average molecular weight is 259 g/mol. The second-order valence-electron chi connectivity index (χ2n) is 3.88. The molecular formula is C12H13N5O2. The number of nitrogens with two attached hydrogens (primary N) is 1. The molecule has 2 aromatic rings. The quantitative estimate of drug-likeness (QED) is 0.645. The molecule has 0 bridgehead atoms. The first-order valence-electron chi connectivity index (χ1n) is 5.52. The van der Waals surface area contributed by atoms with E-state index < -0.39 is 5.97 Å². The summed E-state index contributed by atoms with van der Waals surface area (Å²) in [7, 11) is 1.28. The smallest absolute Gasteiger partial charge is 0.356 e. The number of esters is 1. The molecule has 2 rings (SSSR count). The van der Waals surface area contributed by atoms with Crippen molar-refractivity contribution >= 4 is 23.7 Å². The van der Waals surface area contributed by atoms with Crippen LogP contribution < -0.4 is 5.73 Å². The van der Waals surface area contributed by atoms with Crippen LogP contribution in [-0.2, 0) is 9.53 Å². The lowest BCUT2D eigenvalue weighted by molar-refractivity contribution is -0.134. The summed E-state index contributed by atoms with van der Waals surface area (Å²) < 4.78 is 5.84. The number of rotatable bonds is 3. The van der Waals surface area contributed by atoms with Gasteiger partial charge in [-0.05, 0) is 29.0 Å². The lowest BCUT2D eigenvalue weighted by Gasteiger charge is -2.05. The van der Waals surface area contributed by atoms with E-state index in [0.717, 1.165) is 15.8 Å². The normalized spacial score (nSPS) is 11.4. The minimum absolute atomic E-state index is 0.0174. The largest absolute Gasteiger partial charge is 0.464 e. The number of carbonyl (C=O) groups is 1. The number of nitrogens with zero attached hydrogens (tertiary/aromatic N) is 4. The SMILES string of the molecule is COC(=O)/C(=C/c1ccc(C)cc1)n1nnnc1N. The van der Waals surface area contributed by atoms with E-state index in [9.17, 15) is 4.79 Å². The maximum Gasteiger partial charge on any atom is 0.356 e. The molecule has 0 fully saturated rings. The molecule has 98 valence electrons. The van der Waals surface area contributed by atoms with E-state index in [4.69, 9.17) is 10.5 Å². The molecule has 7 heteroatoms. The van der Waals surface area contributed by atoms with Gasteiger partial charge in [-0.3, -0.25) is 0 Å². The van der Waals surface area contributed by atoms with E-state index in [-0.39, 0.29) is 11.6 Å². The summed E-state index contributed by atoms with van der Waals surface area (Å²) in [5.41, 5.74) is 7.68. The third kappa shape index (κ3) is 2.76. The molecule has 0 saturated carbocycles. The standard InChI is InChI=1S/C12H13N5O2/c1-8-3-5-9(6-4-8)7-10(11(18)19-2)17-12(13)14-15-16-17/h3-7H,1-2H3,(H2,13,14,16)/b10-7-. The monoisotopic (exact) mass is 259 g/mol. The third-order valence-electron chi connectivity index (χ3n) is 2.50. The van der Waals surface area contributed by atoms with Crippen LogP contribution >= 0.6 is 0 Å². The number of aryl methyl sites for hydroxylation is 1. The van der Waals surface area contributed by atoms with Crippen molar-refractivity contribution in [3.63, 3.8) is 0 Å². The molecule has 7 nitrogen and oxygen atoms in total. The van der Waals surface area contributed by atoms with Gasteiger partial charge >= 0.3 is 5.97 Å². The van der Waals surface area contributed by atoms with E-state index >= 15 is 0 Å². The lowest BCUT2D eigenvalue weighted by atomic mass is 10.1. The Morgan fingerprint density at radius 3 is 2.58 bits per heavy atom. The summed E-state index contributed by atoms with van der Waals surface area (Å²) >= 11 is 0. The molecule has 0 spiro atoms. The third-order valence-corrected chi connectivity index (χ3v) is 2.50. The Labute approximate surface area is 109 Å². The van der Waals surface area contributed by atoms with Crippen molar-refractivity contribution in [2.24, 2.45) is 0 Å². The van der Waals surface area contributed by atoms with Crippen molar-refractivity contribution in [1.29, 1.82) is 0 Å². The highest BCUT2D eigenvalue weighted by Crippen LogP contribution is 2.14. The average Bonchev–Trinajstić information content (AvgIpc) is 2.83. The zero-order valence-electron chi connectivity index (χ0n) is 10.6. The van der Waals surface area contributed by atoms with E-state index in [2.05, 4.69) is 15.5 Å². The van der Waals surface area contributed by atoms with Gasteiger partial charge in [0.15, 0.2) is 5.70 Å². The summed E-state index contributed by atoms with van der Waals surface area (Å²) in [4.78, 5) is 11.8. The highest BCUT2D eigenvalue weighted by atomic mass is 16.5. The Morgan fingerprint density at radius 2 is 2.05 bits per heavy atom. The molecule has 0 atom stereocenters. The molecule has 0 aliphatic carbocycles. The molecule has 0 saturated heterocycles. The van der Waals surface area contributed by atoms with Crippen LogP contribution in [0.4, 0.5) is 5.95 Å². The second-order valence-corrected chi connectivity index (χ2v) is 3.88. The number of hydrogen-bond acceptors (Lipinski definition) is 6. The van der Waals surface area contributed by atoms with Gasteiger partial charge in [0, 0.05) is 0 Å².